The molecule has 0 aliphatic carbocycles. The number of nitrogens with zero attached hydrogens (tertiary/aromatic N) is 3. The largest absolute Gasteiger partial charge is 0.466 e. The van der Waals surface area contributed by atoms with Crippen LogP contribution in [0, 0.1) is 0 Å². The lowest BCUT2D eigenvalue weighted by molar-refractivity contribution is 0.178. The van der Waals surface area contributed by atoms with Crippen LogP contribution in [0.3, 0.4) is 0 Å². The smallest absolute Gasteiger partial charge is 0.155 e. The van der Waals surface area contributed by atoms with E-state index in [1.165, 1.54) is 6.26 Å². The van der Waals surface area contributed by atoms with Gasteiger partial charge in [0, 0.05) is 6.54 Å². The van der Waals surface area contributed by atoms with Crippen molar-refractivity contribution >= 4 is 0 Å². The molecule has 0 saturated heterocycles. The highest BCUT2D eigenvalue weighted by molar-refractivity contribution is 5.14. The quantitative estimate of drug-likeness (QED) is 0.822. The number of aryl methyl sites for hydroxylation is 1. The summed E-state index contributed by atoms with van der Waals surface area (Å²) in [5.41, 5.74) is 0.659. The molecule has 2 aromatic rings. The molecule has 0 aliphatic heterocycles. The molecule has 1 N–H and O–H groups in total. The predicted molar refractivity (Wildman–Crippen MR) is 53.1 cm³/mol. The molecule has 80 valence electrons. The number of aromatic nitrogens is 3. The Balaban J connectivity index is 2.25. The normalized spacial score (nSPS) is 12.9. The van der Waals surface area contributed by atoms with Crippen molar-refractivity contribution in [3.63, 3.8) is 0 Å². The molecular weight excluding hydrogens is 194 g/mol. The van der Waals surface area contributed by atoms with Gasteiger partial charge >= 0.3 is 0 Å². The number of rotatable bonds is 4. The van der Waals surface area contributed by atoms with Gasteiger partial charge in [-0.05, 0) is 18.6 Å². The summed E-state index contributed by atoms with van der Waals surface area (Å²) in [5.74, 6) is 0.509. The van der Waals surface area contributed by atoms with Crippen molar-refractivity contribution in [2.24, 2.45) is 0 Å². The zero-order chi connectivity index (χ0) is 10.7. The summed E-state index contributed by atoms with van der Waals surface area (Å²) in [6, 6.07) is 3.47. The third-order valence-corrected chi connectivity index (χ3v) is 2.18. The zero-order valence-electron chi connectivity index (χ0n) is 8.50. The highest BCUT2D eigenvalue weighted by Crippen LogP contribution is 2.21. The van der Waals surface area contributed by atoms with Crippen molar-refractivity contribution in [3.8, 4) is 0 Å². The van der Waals surface area contributed by atoms with E-state index in [9.17, 15) is 5.11 Å². The molecule has 15 heavy (non-hydrogen) atoms. The maximum atomic E-state index is 9.98. The molecular formula is C10H13N3O2. The van der Waals surface area contributed by atoms with E-state index in [0.717, 1.165) is 13.0 Å². The number of furan rings is 1. The van der Waals surface area contributed by atoms with Crippen LogP contribution in [-0.4, -0.2) is 20.1 Å². The lowest BCUT2D eigenvalue weighted by atomic mass is 10.2. The maximum Gasteiger partial charge on any atom is 0.155 e. The molecule has 2 heterocycles. The van der Waals surface area contributed by atoms with Gasteiger partial charge in [-0.2, -0.15) is 0 Å². The first-order valence-corrected chi connectivity index (χ1v) is 4.92. The fourth-order valence-electron chi connectivity index (χ4n) is 1.46. The first kappa shape index (κ1) is 9.92. The lowest BCUT2D eigenvalue weighted by Crippen LogP contribution is -2.09. The Morgan fingerprint density at radius 2 is 2.47 bits per heavy atom. The maximum absolute atomic E-state index is 9.98. The van der Waals surface area contributed by atoms with Gasteiger partial charge in [0.05, 0.1) is 18.2 Å². The minimum Gasteiger partial charge on any atom is -0.466 e. The van der Waals surface area contributed by atoms with E-state index in [1.807, 2.05) is 6.92 Å². The van der Waals surface area contributed by atoms with Crippen molar-refractivity contribution < 1.29 is 9.52 Å². The monoisotopic (exact) mass is 207 g/mol. The van der Waals surface area contributed by atoms with E-state index in [2.05, 4.69) is 10.3 Å². The van der Waals surface area contributed by atoms with E-state index in [4.69, 9.17) is 4.42 Å². The molecule has 2 rings (SSSR count). The molecule has 0 saturated carbocycles. The summed E-state index contributed by atoms with van der Waals surface area (Å²) < 4.78 is 6.82. The van der Waals surface area contributed by atoms with Gasteiger partial charge < -0.3 is 9.52 Å². The second-order valence-electron chi connectivity index (χ2n) is 3.30. The average molecular weight is 207 g/mol. The van der Waals surface area contributed by atoms with Gasteiger partial charge in [-0.25, -0.2) is 4.68 Å². The fraction of sp³-hybridized carbons (Fsp3) is 0.400. The van der Waals surface area contributed by atoms with E-state index in [0.29, 0.717) is 11.5 Å². The van der Waals surface area contributed by atoms with Crippen molar-refractivity contribution in [1.29, 1.82) is 0 Å². The van der Waals surface area contributed by atoms with Crippen molar-refractivity contribution in [2.75, 3.05) is 0 Å². The molecule has 0 amide bonds. The molecule has 1 atom stereocenters. The van der Waals surface area contributed by atoms with Gasteiger partial charge in [-0.15, -0.1) is 5.10 Å². The minimum atomic E-state index is -0.790. The molecule has 5 nitrogen and oxygen atoms in total. The van der Waals surface area contributed by atoms with Gasteiger partial charge in [0.15, 0.2) is 6.10 Å². The molecule has 0 fully saturated rings. The predicted octanol–water partition coefficient (Wildman–Crippen LogP) is 1.36. The third-order valence-electron chi connectivity index (χ3n) is 2.18. The van der Waals surface area contributed by atoms with Gasteiger partial charge in [0.2, 0.25) is 0 Å². The third kappa shape index (κ3) is 1.92. The van der Waals surface area contributed by atoms with Crippen molar-refractivity contribution in [2.45, 2.75) is 26.0 Å². The van der Waals surface area contributed by atoms with Crippen molar-refractivity contribution in [1.82, 2.24) is 15.0 Å². The van der Waals surface area contributed by atoms with Crippen molar-refractivity contribution in [3.05, 3.63) is 36.0 Å². The first-order valence-electron chi connectivity index (χ1n) is 4.92. The SMILES string of the molecule is CCCn1nncc1C(O)c1ccco1. The molecule has 0 bridgehead atoms. The molecule has 0 aromatic carbocycles. The summed E-state index contributed by atoms with van der Waals surface area (Å²) in [7, 11) is 0. The van der Waals surface area contributed by atoms with Gasteiger partial charge in [0.25, 0.3) is 0 Å². The van der Waals surface area contributed by atoms with E-state index >= 15 is 0 Å². The molecule has 2 aromatic heterocycles. The topological polar surface area (TPSA) is 64.1 Å². The van der Waals surface area contributed by atoms with Gasteiger partial charge in [-0.3, -0.25) is 0 Å². The van der Waals surface area contributed by atoms with Crippen LogP contribution in [0.15, 0.2) is 29.0 Å². The second kappa shape index (κ2) is 4.27. The van der Waals surface area contributed by atoms with E-state index in [-0.39, 0.29) is 0 Å². The Bertz CT molecular complexity index is 408. The summed E-state index contributed by atoms with van der Waals surface area (Å²) in [6.07, 6.45) is 3.25. The van der Waals surface area contributed by atoms with Gasteiger partial charge in [0.1, 0.15) is 5.76 Å². The Kier molecular flexibility index (Phi) is 2.82. The molecule has 5 heteroatoms. The number of hydrogen-bond donors (Lipinski definition) is 1. The Morgan fingerprint density at radius 1 is 1.60 bits per heavy atom. The number of aliphatic hydroxyl groups is 1. The van der Waals surface area contributed by atoms with Gasteiger partial charge in [-0.1, -0.05) is 12.1 Å². The van der Waals surface area contributed by atoms with E-state index in [1.54, 1.807) is 23.0 Å². The fourth-order valence-corrected chi connectivity index (χ4v) is 1.46. The van der Waals surface area contributed by atoms with Crippen LogP contribution in [0.25, 0.3) is 0 Å². The zero-order valence-corrected chi connectivity index (χ0v) is 8.50. The number of aliphatic hydroxyl groups excluding tert-OH is 1. The summed E-state index contributed by atoms with van der Waals surface area (Å²) in [4.78, 5) is 0. The standard InChI is InChI=1S/C10H13N3O2/c1-2-5-13-8(7-11-12-13)10(14)9-4-3-6-15-9/h3-4,6-7,10,14H,2,5H2,1H3. The lowest BCUT2D eigenvalue weighted by Gasteiger charge is -2.08. The average Bonchev–Trinajstić information content (AvgIpc) is 2.87. The minimum absolute atomic E-state index is 0.509. The Morgan fingerprint density at radius 3 is 3.13 bits per heavy atom. The van der Waals surface area contributed by atoms with Crippen LogP contribution < -0.4 is 0 Å². The molecule has 0 aliphatic rings. The van der Waals surface area contributed by atoms with Crippen LogP contribution in [-0.2, 0) is 6.54 Å². The van der Waals surface area contributed by atoms with Crippen LogP contribution in [0.5, 0.6) is 0 Å². The summed E-state index contributed by atoms with van der Waals surface area (Å²) >= 11 is 0. The van der Waals surface area contributed by atoms with E-state index < -0.39 is 6.10 Å². The van der Waals surface area contributed by atoms with Crippen LogP contribution in [0.2, 0.25) is 0 Å². The highest BCUT2D eigenvalue weighted by atomic mass is 16.4. The summed E-state index contributed by atoms with van der Waals surface area (Å²) in [6.45, 7) is 2.79. The first-order chi connectivity index (χ1) is 7.33. The van der Waals surface area contributed by atoms with Crippen LogP contribution in [0.4, 0.5) is 0 Å². The molecule has 1 unspecified atom stereocenters. The highest BCUT2D eigenvalue weighted by Gasteiger charge is 2.18. The second-order valence-corrected chi connectivity index (χ2v) is 3.30. The summed E-state index contributed by atoms with van der Waals surface area (Å²) in [5, 5.41) is 17.7. The number of hydrogen-bond acceptors (Lipinski definition) is 4. The Hall–Kier alpha value is -1.62. The molecule has 0 spiro atoms. The van der Waals surface area contributed by atoms with Crippen LogP contribution in [0.1, 0.15) is 30.9 Å². The van der Waals surface area contributed by atoms with Crippen LogP contribution >= 0.6 is 0 Å². The Labute approximate surface area is 87.3 Å². The molecule has 0 radical (unpaired) electrons.